The van der Waals surface area contributed by atoms with Crippen molar-refractivity contribution in [1.82, 2.24) is 9.80 Å². The van der Waals surface area contributed by atoms with Crippen molar-refractivity contribution in [2.75, 3.05) is 33.8 Å². The van der Waals surface area contributed by atoms with E-state index in [2.05, 4.69) is 0 Å². The number of likely N-dealkylation sites (N-methyl/N-ethyl adjacent to an activating group) is 1. The molecule has 9 nitrogen and oxygen atoms in total. The molecule has 2 aromatic carbocycles. The number of hydrogen-bond acceptors (Lipinski definition) is 7. The maximum absolute atomic E-state index is 13.0. The van der Waals surface area contributed by atoms with Crippen LogP contribution in [0.5, 0.6) is 5.75 Å². The second-order valence-electron chi connectivity index (χ2n) is 7.72. The summed E-state index contributed by atoms with van der Waals surface area (Å²) in [5.74, 6) is -1.54. The van der Waals surface area contributed by atoms with Crippen molar-refractivity contribution in [3.8, 4) is 5.75 Å². The number of ether oxygens (including phenoxy) is 1. The molecule has 0 bridgehead atoms. The zero-order valence-electron chi connectivity index (χ0n) is 18.4. The van der Waals surface area contributed by atoms with E-state index in [-0.39, 0.29) is 34.2 Å². The summed E-state index contributed by atoms with van der Waals surface area (Å²) in [4.78, 5) is 39.6. The van der Waals surface area contributed by atoms with Crippen molar-refractivity contribution in [1.29, 1.82) is 0 Å². The Morgan fingerprint density at radius 1 is 1.21 bits per heavy atom. The summed E-state index contributed by atoms with van der Waals surface area (Å²) in [7, 11) is 3.67. The van der Waals surface area contributed by atoms with E-state index in [0.29, 0.717) is 24.5 Å². The zero-order valence-corrected chi connectivity index (χ0v) is 19.2. The van der Waals surface area contributed by atoms with Crippen LogP contribution < -0.4 is 4.74 Å². The number of amides is 1. The molecule has 174 valence electrons. The van der Waals surface area contributed by atoms with Crippen LogP contribution in [0, 0.1) is 10.1 Å². The minimum atomic E-state index is -0.906. The van der Waals surface area contributed by atoms with Crippen molar-refractivity contribution < 1.29 is 24.4 Å². The second-order valence-corrected chi connectivity index (χ2v) is 8.13. The number of Topliss-reactive ketones (excluding diaryl/α,β-unsaturated/α-hetero) is 1. The Morgan fingerprint density at radius 2 is 1.88 bits per heavy atom. The highest BCUT2D eigenvalue weighted by atomic mass is 35.5. The topological polar surface area (TPSA) is 113 Å². The summed E-state index contributed by atoms with van der Waals surface area (Å²) in [5.41, 5.74) is 0.494. The van der Waals surface area contributed by atoms with E-state index in [1.807, 2.05) is 25.9 Å². The maximum Gasteiger partial charge on any atom is 0.295 e. The number of carbonyl (C=O) groups is 2. The number of aliphatic hydroxyl groups excluding tert-OH is 1. The lowest BCUT2D eigenvalue weighted by atomic mass is 9.95. The van der Waals surface area contributed by atoms with Crippen LogP contribution in [0.2, 0.25) is 5.02 Å². The van der Waals surface area contributed by atoms with Gasteiger partial charge in [0.15, 0.2) is 0 Å². The summed E-state index contributed by atoms with van der Waals surface area (Å²) in [6.07, 6.45) is 0. The fourth-order valence-corrected chi connectivity index (χ4v) is 3.85. The van der Waals surface area contributed by atoms with Crippen molar-refractivity contribution in [2.24, 2.45) is 0 Å². The van der Waals surface area contributed by atoms with Crippen LogP contribution in [0.15, 0.2) is 48.0 Å². The van der Waals surface area contributed by atoms with E-state index in [1.54, 1.807) is 12.1 Å². The first-order valence-electron chi connectivity index (χ1n) is 10.3. The van der Waals surface area contributed by atoms with Gasteiger partial charge in [-0.3, -0.25) is 19.7 Å². The number of benzene rings is 2. The first-order valence-corrected chi connectivity index (χ1v) is 10.6. The van der Waals surface area contributed by atoms with E-state index in [1.165, 1.54) is 35.2 Å². The first-order chi connectivity index (χ1) is 15.6. The van der Waals surface area contributed by atoms with Gasteiger partial charge >= 0.3 is 0 Å². The van der Waals surface area contributed by atoms with E-state index >= 15 is 0 Å². The Kier molecular flexibility index (Phi) is 7.35. The third-order valence-electron chi connectivity index (χ3n) is 5.25. The van der Waals surface area contributed by atoms with Crippen LogP contribution in [0.3, 0.4) is 0 Å². The van der Waals surface area contributed by atoms with Gasteiger partial charge in [0.25, 0.3) is 17.4 Å². The maximum atomic E-state index is 13.0. The lowest BCUT2D eigenvalue weighted by molar-refractivity contribution is -0.384. The van der Waals surface area contributed by atoms with E-state index in [9.17, 15) is 24.8 Å². The predicted octanol–water partition coefficient (Wildman–Crippen LogP) is 3.63. The number of non-ortho nitro benzene ring substituents is 1. The van der Waals surface area contributed by atoms with Gasteiger partial charge in [-0.1, -0.05) is 11.6 Å². The second kappa shape index (κ2) is 10.0. The Morgan fingerprint density at radius 3 is 2.42 bits per heavy atom. The quantitative estimate of drug-likeness (QED) is 0.205. The molecule has 1 N–H and O–H groups in total. The van der Waals surface area contributed by atoms with E-state index in [4.69, 9.17) is 16.3 Å². The molecule has 1 atom stereocenters. The lowest BCUT2D eigenvalue weighted by Crippen LogP contribution is -2.35. The Hall–Kier alpha value is -3.43. The van der Waals surface area contributed by atoms with Crippen LogP contribution >= 0.6 is 11.6 Å². The molecule has 0 saturated carbocycles. The van der Waals surface area contributed by atoms with Gasteiger partial charge < -0.3 is 19.6 Å². The number of nitro benzene ring substituents is 1. The van der Waals surface area contributed by atoms with Crippen molar-refractivity contribution >= 4 is 34.7 Å². The highest BCUT2D eigenvalue weighted by Crippen LogP contribution is 2.40. The predicted molar refractivity (Wildman–Crippen MR) is 123 cm³/mol. The Balaban J connectivity index is 2.13. The minimum absolute atomic E-state index is 0.104. The fraction of sp³-hybridized carbons (Fsp3) is 0.304. The largest absolute Gasteiger partial charge is 0.507 e. The summed E-state index contributed by atoms with van der Waals surface area (Å²) >= 11 is 6.25. The van der Waals surface area contributed by atoms with Crippen molar-refractivity contribution in [3.63, 3.8) is 0 Å². The number of ketones is 1. The molecule has 1 saturated heterocycles. The third-order valence-corrected chi connectivity index (χ3v) is 5.55. The molecule has 3 rings (SSSR count). The molecule has 0 aliphatic carbocycles. The molecule has 1 amide bonds. The summed E-state index contributed by atoms with van der Waals surface area (Å²) in [6, 6.07) is 9.24. The number of carbonyl (C=O) groups excluding carboxylic acids is 2. The molecule has 1 fully saturated rings. The number of aliphatic hydroxyl groups is 1. The van der Waals surface area contributed by atoms with Gasteiger partial charge in [0.05, 0.1) is 28.2 Å². The molecule has 0 aromatic heterocycles. The van der Waals surface area contributed by atoms with Crippen LogP contribution in [-0.4, -0.2) is 65.3 Å². The van der Waals surface area contributed by atoms with Gasteiger partial charge in [-0.25, -0.2) is 0 Å². The average molecular weight is 474 g/mol. The number of likely N-dealkylation sites (tertiary alicyclic amines) is 1. The molecule has 1 aliphatic heterocycles. The van der Waals surface area contributed by atoms with Gasteiger partial charge in [0, 0.05) is 30.8 Å². The number of nitro groups is 1. The van der Waals surface area contributed by atoms with E-state index < -0.39 is 22.7 Å². The summed E-state index contributed by atoms with van der Waals surface area (Å²) < 4.78 is 5.41. The van der Waals surface area contributed by atoms with E-state index in [0.717, 1.165) is 0 Å². The highest BCUT2D eigenvalue weighted by molar-refractivity contribution is 6.46. The molecule has 33 heavy (non-hydrogen) atoms. The average Bonchev–Trinajstić information content (AvgIpc) is 3.03. The molecular formula is C23H24ClN3O6. The van der Waals surface area contributed by atoms with Gasteiger partial charge in [-0.2, -0.15) is 0 Å². The number of rotatable bonds is 8. The molecule has 0 spiro atoms. The number of halogens is 1. The van der Waals surface area contributed by atoms with Gasteiger partial charge in [0.1, 0.15) is 11.5 Å². The molecule has 1 aliphatic rings. The van der Waals surface area contributed by atoms with Crippen LogP contribution in [-0.2, 0) is 9.59 Å². The molecule has 2 aromatic rings. The number of hydrogen-bond donors (Lipinski definition) is 1. The summed E-state index contributed by atoms with van der Waals surface area (Å²) in [5, 5.41) is 22.4. The van der Waals surface area contributed by atoms with Crippen molar-refractivity contribution in [3.05, 3.63) is 74.3 Å². The Labute approximate surface area is 196 Å². The summed E-state index contributed by atoms with van der Waals surface area (Å²) in [6.45, 7) is 2.91. The third kappa shape index (κ3) is 4.99. The number of nitrogens with zero attached hydrogens (tertiary/aromatic N) is 3. The fourth-order valence-electron chi connectivity index (χ4n) is 3.62. The minimum Gasteiger partial charge on any atom is -0.507 e. The molecule has 10 heteroatoms. The molecule has 0 unspecified atom stereocenters. The van der Waals surface area contributed by atoms with Crippen LogP contribution in [0.1, 0.15) is 24.1 Å². The van der Waals surface area contributed by atoms with Crippen molar-refractivity contribution in [2.45, 2.75) is 13.0 Å². The van der Waals surface area contributed by atoms with Crippen LogP contribution in [0.4, 0.5) is 5.69 Å². The van der Waals surface area contributed by atoms with Crippen LogP contribution in [0.25, 0.3) is 5.76 Å². The normalized spacial score (nSPS) is 17.6. The van der Waals surface area contributed by atoms with Gasteiger partial charge in [0.2, 0.25) is 0 Å². The first kappa shape index (κ1) is 24.2. The highest BCUT2D eigenvalue weighted by Gasteiger charge is 2.46. The van der Waals surface area contributed by atoms with Gasteiger partial charge in [-0.05, 0) is 56.9 Å². The molecule has 0 radical (unpaired) electrons. The zero-order chi connectivity index (χ0) is 24.3. The smallest absolute Gasteiger partial charge is 0.295 e. The lowest BCUT2D eigenvalue weighted by Gasteiger charge is -2.26. The Bertz CT molecular complexity index is 1110. The molecular weight excluding hydrogens is 450 g/mol. The molecule has 1 heterocycles. The monoisotopic (exact) mass is 473 g/mol. The SMILES string of the molecule is CCOc1ccc(/C(O)=C2\C(=O)C(=O)N(CCN(C)C)[C@H]2c2ccc([N+](=O)[O-])cc2)cc1Cl. The van der Waals surface area contributed by atoms with Gasteiger partial charge in [-0.15, -0.1) is 0 Å². The standard InChI is InChI=1S/C23H24ClN3O6/c1-4-33-18-10-7-15(13-17(18)24)21(28)19-20(14-5-8-16(9-6-14)27(31)32)26(12-11-25(2)3)23(30)22(19)29/h5-10,13,20,28H,4,11-12H2,1-3H3/b21-19+/t20-/m0/s1.